The van der Waals surface area contributed by atoms with E-state index in [9.17, 15) is 9.59 Å². The fraction of sp³-hybridized carbons (Fsp3) is 0.652. The average Bonchev–Trinajstić information content (AvgIpc) is 2.67. The van der Waals surface area contributed by atoms with Crippen LogP contribution in [0.5, 0.6) is 0 Å². The number of amides is 3. The first kappa shape index (κ1) is 24.3. The quantitative estimate of drug-likeness (QED) is 0.654. The zero-order valence-electron chi connectivity index (χ0n) is 19.2. The minimum absolute atomic E-state index is 0.105. The van der Waals surface area contributed by atoms with Crippen LogP contribution < -0.4 is 5.32 Å². The van der Waals surface area contributed by atoms with Crippen LogP contribution in [0.15, 0.2) is 12.1 Å². The van der Waals surface area contributed by atoms with Gasteiger partial charge in [-0.1, -0.05) is 31.5 Å². The van der Waals surface area contributed by atoms with Crippen LogP contribution in [-0.2, 0) is 17.6 Å². The molecule has 1 atom stereocenters. The molecule has 1 fully saturated rings. The molecule has 0 saturated carbocycles. The topological polar surface area (TPSA) is 61.9 Å². The Morgan fingerprint density at radius 2 is 1.97 bits per heavy atom. The van der Waals surface area contributed by atoms with E-state index >= 15 is 0 Å². The van der Waals surface area contributed by atoms with Gasteiger partial charge in [0.1, 0.15) is 5.60 Å². The Morgan fingerprint density at radius 3 is 2.57 bits per heavy atom. The standard InChI is InChI=1S/C23H36ClN3O3/c1-7-17-11-12-19(24)18(8-2)20(17)25-21(28)27-13-9-10-16(15-27)14-26(6)22(29)30-23(3,4)5/h11-12,16H,7-10,13-15H2,1-6H3,(H,25,28). The Bertz CT molecular complexity index is 761. The number of nitrogens with one attached hydrogen (secondary N) is 1. The van der Waals surface area contributed by atoms with Gasteiger partial charge in [0.2, 0.25) is 0 Å². The average molecular weight is 438 g/mol. The Labute approximate surface area is 185 Å². The Hall–Kier alpha value is -1.95. The smallest absolute Gasteiger partial charge is 0.410 e. The summed E-state index contributed by atoms with van der Waals surface area (Å²) >= 11 is 6.37. The number of hydrogen-bond acceptors (Lipinski definition) is 3. The number of urea groups is 1. The molecule has 2 rings (SSSR count). The van der Waals surface area contributed by atoms with Crippen molar-refractivity contribution in [2.45, 2.75) is 65.9 Å². The number of piperidine rings is 1. The maximum atomic E-state index is 13.0. The van der Waals surface area contributed by atoms with Crippen molar-refractivity contribution in [3.8, 4) is 0 Å². The van der Waals surface area contributed by atoms with Crippen molar-refractivity contribution in [2.75, 3.05) is 32.0 Å². The molecule has 0 spiro atoms. The lowest BCUT2D eigenvalue weighted by atomic mass is 9.97. The van der Waals surface area contributed by atoms with Crippen molar-refractivity contribution < 1.29 is 14.3 Å². The van der Waals surface area contributed by atoms with Crippen LogP contribution in [0.4, 0.5) is 15.3 Å². The first-order valence-corrected chi connectivity index (χ1v) is 11.2. The second kappa shape index (κ2) is 10.4. The lowest BCUT2D eigenvalue weighted by Gasteiger charge is -2.35. The molecule has 6 nitrogen and oxygen atoms in total. The van der Waals surface area contributed by atoms with Gasteiger partial charge in [-0.15, -0.1) is 0 Å². The first-order chi connectivity index (χ1) is 14.1. The van der Waals surface area contributed by atoms with E-state index < -0.39 is 5.60 Å². The molecule has 1 N–H and O–H groups in total. The third-order valence-electron chi connectivity index (χ3n) is 5.35. The molecule has 7 heteroatoms. The molecule has 1 unspecified atom stereocenters. The summed E-state index contributed by atoms with van der Waals surface area (Å²) < 4.78 is 5.44. The van der Waals surface area contributed by atoms with Crippen LogP contribution in [0.1, 0.15) is 58.6 Å². The Morgan fingerprint density at radius 1 is 1.27 bits per heavy atom. The van der Waals surface area contributed by atoms with Gasteiger partial charge in [0, 0.05) is 31.7 Å². The van der Waals surface area contributed by atoms with E-state index in [1.165, 1.54) is 0 Å². The third-order valence-corrected chi connectivity index (χ3v) is 5.71. The molecule has 0 aromatic heterocycles. The summed E-state index contributed by atoms with van der Waals surface area (Å²) in [4.78, 5) is 28.7. The van der Waals surface area contributed by atoms with Crippen molar-refractivity contribution in [2.24, 2.45) is 5.92 Å². The van der Waals surface area contributed by atoms with Crippen LogP contribution in [0.2, 0.25) is 5.02 Å². The van der Waals surface area contributed by atoms with Crippen molar-refractivity contribution in [3.05, 3.63) is 28.3 Å². The largest absolute Gasteiger partial charge is 0.444 e. The maximum absolute atomic E-state index is 13.0. The zero-order valence-corrected chi connectivity index (χ0v) is 19.9. The number of hydrogen-bond donors (Lipinski definition) is 1. The minimum Gasteiger partial charge on any atom is -0.444 e. The fourth-order valence-electron chi connectivity index (χ4n) is 3.85. The van der Waals surface area contributed by atoms with Gasteiger partial charge in [0.25, 0.3) is 0 Å². The second-order valence-electron chi connectivity index (χ2n) is 9.01. The predicted octanol–water partition coefficient (Wildman–Crippen LogP) is 5.58. The van der Waals surface area contributed by atoms with Gasteiger partial charge >= 0.3 is 12.1 Å². The van der Waals surface area contributed by atoms with E-state index in [4.69, 9.17) is 16.3 Å². The number of halogens is 1. The highest BCUT2D eigenvalue weighted by atomic mass is 35.5. The van der Waals surface area contributed by atoms with Crippen molar-refractivity contribution in [1.82, 2.24) is 9.80 Å². The van der Waals surface area contributed by atoms with Crippen LogP contribution in [0.25, 0.3) is 0 Å². The first-order valence-electron chi connectivity index (χ1n) is 10.9. The van der Waals surface area contributed by atoms with Crippen LogP contribution >= 0.6 is 11.6 Å². The van der Waals surface area contributed by atoms with E-state index in [2.05, 4.69) is 12.2 Å². The molecule has 168 valence electrons. The lowest BCUT2D eigenvalue weighted by Crippen LogP contribution is -2.46. The number of rotatable bonds is 5. The van der Waals surface area contributed by atoms with E-state index in [1.807, 2.05) is 44.7 Å². The molecule has 1 aromatic rings. The molecule has 1 saturated heterocycles. The van der Waals surface area contributed by atoms with Gasteiger partial charge in [-0.05, 0) is 69.6 Å². The minimum atomic E-state index is -0.519. The molecule has 0 radical (unpaired) electrons. The number of carbonyl (C=O) groups excluding carboxylic acids is 2. The number of anilines is 1. The molecule has 1 aliphatic rings. The van der Waals surface area contributed by atoms with Gasteiger partial charge < -0.3 is 19.9 Å². The summed E-state index contributed by atoms with van der Waals surface area (Å²) in [7, 11) is 1.75. The van der Waals surface area contributed by atoms with Crippen molar-refractivity contribution in [3.63, 3.8) is 0 Å². The molecule has 30 heavy (non-hydrogen) atoms. The Kier molecular flexibility index (Phi) is 8.42. The summed E-state index contributed by atoms with van der Waals surface area (Å²) in [5.41, 5.74) is 2.38. The summed E-state index contributed by atoms with van der Waals surface area (Å²) in [6, 6.07) is 3.77. The number of carbonyl (C=O) groups is 2. The molecule has 0 bridgehead atoms. The van der Waals surface area contributed by atoms with Gasteiger partial charge in [0.05, 0.1) is 5.69 Å². The summed E-state index contributed by atoms with van der Waals surface area (Å²) in [6.45, 7) is 11.6. The second-order valence-corrected chi connectivity index (χ2v) is 9.42. The van der Waals surface area contributed by atoms with E-state index in [0.717, 1.165) is 42.5 Å². The van der Waals surface area contributed by atoms with Gasteiger partial charge in [-0.3, -0.25) is 0 Å². The molecule has 1 aromatic carbocycles. The maximum Gasteiger partial charge on any atom is 0.410 e. The Balaban J connectivity index is 2.03. The molecular formula is C23H36ClN3O3. The van der Waals surface area contributed by atoms with Gasteiger partial charge in [-0.2, -0.15) is 0 Å². The number of aryl methyl sites for hydroxylation is 1. The molecule has 1 heterocycles. The number of ether oxygens (including phenoxy) is 1. The summed E-state index contributed by atoms with van der Waals surface area (Å²) in [5.74, 6) is 0.220. The predicted molar refractivity (Wildman–Crippen MR) is 122 cm³/mol. The molecule has 0 aliphatic carbocycles. The van der Waals surface area contributed by atoms with Crippen molar-refractivity contribution in [1.29, 1.82) is 0 Å². The van der Waals surface area contributed by atoms with Gasteiger partial charge in [0.15, 0.2) is 0 Å². The van der Waals surface area contributed by atoms with Crippen LogP contribution in [0.3, 0.4) is 0 Å². The number of benzene rings is 1. The van der Waals surface area contributed by atoms with E-state index in [0.29, 0.717) is 24.7 Å². The van der Waals surface area contributed by atoms with E-state index in [1.54, 1.807) is 11.9 Å². The molecular weight excluding hydrogens is 402 g/mol. The van der Waals surface area contributed by atoms with Crippen LogP contribution in [0, 0.1) is 5.92 Å². The number of nitrogens with zero attached hydrogens (tertiary/aromatic N) is 2. The highest BCUT2D eigenvalue weighted by Crippen LogP contribution is 2.30. The third kappa shape index (κ3) is 6.53. The zero-order chi connectivity index (χ0) is 22.5. The lowest BCUT2D eigenvalue weighted by molar-refractivity contribution is 0.0253. The van der Waals surface area contributed by atoms with E-state index in [-0.39, 0.29) is 18.0 Å². The van der Waals surface area contributed by atoms with Crippen LogP contribution in [-0.4, -0.2) is 54.2 Å². The number of likely N-dealkylation sites (tertiary alicyclic amines) is 1. The molecule has 3 amide bonds. The van der Waals surface area contributed by atoms with Gasteiger partial charge in [-0.25, -0.2) is 9.59 Å². The molecule has 1 aliphatic heterocycles. The fourth-order valence-corrected chi connectivity index (χ4v) is 4.14. The highest BCUT2D eigenvalue weighted by molar-refractivity contribution is 6.32. The summed E-state index contributed by atoms with van der Waals surface area (Å²) in [5, 5.41) is 3.80. The monoisotopic (exact) mass is 437 g/mol. The normalized spacial score (nSPS) is 16.9. The summed E-state index contributed by atoms with van der Waals surface area (Å²) in [6.07, 6.45) is 3.14. The highest BCUT2D eigenvalue weighted by Gasteiger charge is 2.28. The van der Waals surface area contributed by atoms with Crippen molar-refractivity contribution >= 4 is 29.4 Å². The SMILES string of the molecule is CCc1ccc(Cl)c(CC)c1NC(=O)N1CCCC(CN(C)C(=O)OC(C)(C)C)C1.